The highest BCUT2D eigenvalue weighted by Gasteiger charge is 2.18. The van der Waals surface area contributed by atoms with Crippen LogP contribution in [0, 0.1) is 5.82 Å². The normalized spacial score (nSPS) is 11.4. The predicted octanol–water partition coefficient (Wildman–Crippen LogP) is 4.88. The number of aromatic nitrogens is 4. The van der Waals surface area contributed by atoms with Crippen molar-refractivity contribution in [2.45, 2.75) is 4.90 Å². The predicted molar refractivity (Wildman–Crippen MR) is 122 cm³/mol. The monoisotopic (exact) mass is 479 g/mol. The minimum absolute atomic E-state index is 0.0613. The Hall–Kier alpha value is -3.96. The minimum Gasteiger partial charge on any atom is -0.423 e. The summed E-state index contributed by atoms with van der Waals surface area (Å²) >= 11 is 1.19. The highest BCUT2D eigenvalue weighted by Crippen LogP contribution is 2.36. The van der Waals surface area contributed by atoms with Crippen molar-refractivity contribution in [2.75, 3.05) is 4.72 Å². The van der Waals surface area contributed by atoms with Crippen molar-refractivity contribution < 1.29 is 17.5 Å². The Morgan fingerprint density at radius 2 is 1.76 bits per heavy atom. The van der Waals surface area contributed by atoms with Gasteiger partial charge in [-0.15, -0.1) is 11.3 Å². The number of halogens is 1. The molecule has 0 bridgehead atoms. The van der Waals surface area contributed by atoms with Crippen molar-refractivity contribution in [3.05, 3.63) is 84.5 Å². The molecule has 33 heavy (non-hydrogen) atoms. The van der Waals surface area contributed by atoms with E-state index in [9.17, 15) is 12.8 Å². The SMILES string of the molecule is O=S(=O)(Nc1nccs1)c1ccc2c(-c3ccc(F)cc3Oc3ncccn3)nccc2c1. The van der Waals surface area contributed by atoms with Crippen molar-refractivity contribution >= 4 is 37.3 Å². The lowest BCUT2D eigenvalue weighted by molar-refractivity contribution is 0.439. The zero-order valence-electron chi connectivity index (χ0n) is 16.7. The number of anilines is 1. The molecular formula is C22H14FN5O3S2. The summed E-state index contributed by atoms with van der Waals surface area (Å²) in [6.45, 7) is 0. The standard InChI is InChI=1S/C22H14FN5O3S2/c23-15-2-4-18(19(13-15)31-21-25-7-1-8-26-21)20-17-5-3-16(12-14(17)6-9-24-20)33(29,30)28-22-27-10-11-32-22/h1-13H,(H,27,28). The molecule has 164 valence electrons. The van der Waals surface area contributed by atoms with Crippen LogP contribution in [-0.2, 0) is 10.0 Å². The Balaban J connectivity index is 1.58. The highest BCUT2D eigenvalue weighted by atomic mass is 32.2. The van der Waals surface area contributed by atoms with Gasteiger partial charge in [0.2, 0.25) is 0 Å². The summed E-state index contributed by atoms with van der Waals surface area (Å²) in [4.78, 5) is 16.5. The van der Waals surface area contributed by atoms with Crippen LogP contribution in [0.1, 0.15) is 0 Å². The number of hydrogen-bond donors (Lipinski definition) is 1. The second-order valence-corrected chi connectivity index (χ2v) is 9.34. The fourth-order valence-corrected chi connectivity index (χ4v) is 5.02. The number of thiazole rings is 1. The molecule has 3 heterocycles. The fourth-order valence-electron chi connectivity index (χ4n) is 3.20. The lowest BCUT2D eigenvalue weighted by Gasteiger charge is -2.12. The summed E-state index contributed by atoms with van der Waals surface area (Å²) in [5.41, 5.74) is 1.00. The van der Waals surface area contributed by atoms with Gasteiger partial charge >= 0.3 is 6.01 Å². The molecule has 5 aromatic rings. The summed E-state index contributed by atoms with van der Waals surface area (Å²) in [6.07, 6.45) is 6.09. The summed E-state index contributed by atoms with van der Waals surface area (Å²) < 4.78 is 47.7. The van der Waals surface area contributed by atoms with E-state index < -0.39 is 15.8 Å². The number of fused-ring (bicyclic) bond motifs is 1. The first kappa shape index (κ1) is 20.9. The first-order chi connectivity index (χ1) is 16.0. The molecule has 1 N–H and O–H groups in total. The maximum absolute atomic E-state index is 14.0. The topological polar surface area (TPSA) is 107 Å². The third-order valence-corrected chi connectivity index (χ3v) is 6.80. The molecule has 0 unspecified atom stereocenters. The van der Waals surface area contributed by atoms with E-state index in [1.165, 1.54) is 48.1 Å². The van der Waals surface area contributed by atoms with E-state index in [1.807, 2.05) is 0 Å². The van der Waals surface area contributed by atoms with Crippen LogP contribution in [0.5, 0.6) is 11.8 Å². The van der Waals surface area contributed by atoms with Gasteiger partial charge in [-0.1, -0.05) is 6.07 Å². The fraction of sp³-hybridized carbons (Fsp3) is 0. The van der Waals surface area contributed by atoms with Gasteiger partial charge in [0.1, 0.15) is 11.6 Å². The Labute approximate surface area is 191 Å². The van der Waals surface area contributed by atoms with Crippen LogP contribution < -0.4 is 9.46 Å². The van der Waals surface area contributed by atoms with E-state index in [-0.39, 0.29) is 21.8 Å². The van der Waals surface area contributed by atoms with Crippen LogP contribution in [-0.4, -0.2) is 28.4 Å². The van der Waals surface area contributed by atoms with Crippen LogP contribution in [0.15, 0.2) is 83.6 Å². The lowest BCUT2D eigenvalue weighted by Crippen LogP contribution is -2.12. The molecule has 2 aromatic carbocycles. The Bertz CT molecular complexity index is 1550. The van der Waals surface area contributed by atoms with E-state index >= 15 is 0 Å². The molecule has 5 rings (SSSR count). The second-order valence-electron chi connectivity index (χ2n) is 6.76. The number of ether oxygens (including phenoxy) is 1. The zero-order chi connectivity index (χ0) is 22.8. The van der Waals surface area contributed by atoms with Gasteiger partial charge in [0, 0.05) is 47.2 Å². The van der Waals surface area contributed by atoms with Gasteiger partial charge in [0.05, 0.1) is 10.6 Å². The molecule has 0 aliphatic carbocycles. The van der Waals surface area contributed by atoms with Crippen molar-refractivity contribution in [2.24, 2.45) is 0 Å². The highest BCUT2D eigenvalue weighted by molar-refractivity contribution is 7.93. The van der Waals surface area contributed by atoms with Crippen LogP contribution in [0.25, 0.3) is 22.0 Å². The van der Waals surface area contributed by atoms with Crippen molar-refractivity contribution in [1.82, 2.24) is 19.9 Å². The molecular weight excluding hydrogens is 465 g/mol. The molecule has 0 aliphatic heterocycles. The van der Waals surface area contributed by atoms with E-state index in [2.05, 4.69) is 24.7 Å². The average Bonchev–Trinajstić information content (AvgIpc) is 3.32. The molecule has 0 radical (unpaired) electrons. The van der Waals surface area contributed by atoms with Gasteiger partial charge < -0.3 is 4.74 Å². The number of benzene rings is 2. The smallest absolute Gasteiger partial charge is 0.321 e. The summed E-state index contributed by atoms with van der Waals surface area (Å²) in [5, 5.41) is 3.25. The van der Waals surface area contributed by atoms with Crippen molar-refractivity contribution in [1.29, 1.82) is 0 Å². The van der Waals surface area contributed by atoms with Crippen molar-refractivity contribution in [3.8, 4) is 23.0 Å². The van der Waals surface area contributed by atoms with E-state index in [4.69, 9.17) is 4.74 Å². The maximum atomic E-state index is 14.0. The molecule has 0 fully saturated rings. The Morgan fingerprint density at radius 3 is 2.55 bits per heavy atom. The number of sulfonamides is 1. The van der Waals surface area contributed by atoms with Crippen LogP contribution in [0.2, 0.25) is 0 Å². The van der Waals surface area contributed by atoms with E-state index in [0.717, 1.165) is 0 Å². The lowest BCUT2D eigenvalue weighted by atomic mass is 10.0. The molecule has 0 saturated heterocycles. The van der Waals surface area contributed by atoms with E-state index in [0.29, 0.717) is 22.0 Å². The number of nitrogens with zero attached hydrogens (tertiary/aromatic N) is 4. The molecule has 0 aliphatic rings. The van der Waals surface area contributed by atoms with E-state index in [1.54, 1.807) is 41.9 Å². The average molecular weight is 480 g/mol. The van der Waals surface area contributed by atoms with Gasteiger partial charge in [-0.2, -0.15) is 0 Å². The van der Waals surface area contributed by atoms with Crippen LogP contribution in [0.3, 0.4) is 0 Å². The molecule has 11 heteroatoms. The molecule has 0 spiro atoms. The van der Waals surface area contributed by atoms with Gasteiger partial charge in [0.25, 0.3) is 10.0 Å². The molecule has 3 aromatic heterocycles. The first-order valence-corrected chi connectivity index (χ1v) is 11.9. The summed E-state index contributed by atoms with van der Waals surface area (Å²) in [5.74, 6) is -0.310. The summed E-state index contributed by atoms with van der Waals surface area (Å²) in [6, 6.07) is 12.1. The van der Waals surface area contributed by atoms with Crippen molar-refractivity contribution in [3.63, 3.8) is 0 Å². The first-order valence-electron chi connectivity index (χ1n) is 9.55. The number of rotatable bonds is 6. The molecule has 8 nitrogen and oxygen atoms in total. The Morgan fingerprint density at radius 1 is 0.909 bits per heavy atom. The molecule has 0 saturated carbocycles. The van der Waals surface area contributed by atoms with Gasteiger partial charge in [-0.25, -0.2) is 27.8 Å². The second kappa shape index (κ2) is 8.52. The third-order valence-electron chi connectivity index (χ3n) is 4.64. The largest absolute Gasteiger partial charge is 0.423 e. The summed E-state index contributed by atoms with van der Waals surface area (Å²) in [7, 11) is -3.82. The Kier molecular flexibility index (Phi) is 5.40. The third kappa shape index (κ3) is 4.36. The number of nitrogens with one attached hydrogen (secondary N) is 1. The van der Waals surface area contributed by atoms with Gasteiger partial charge in [0.15, 0.2) is 5.13 Å². The molecule has 0 atom stereocenters. The zero-order valence-corrected chi connectivity index (χ0v) is 18.3. The van der Waals surface area contributed by atoms with Gasteiger partial charge in [-0.3, -0.25) is 9.71 Å². The minimum atomic E-state index is -3.82. The quantitative estimate of drug-likeness (QED) is 0.370. The maximum Gasteiger partial charge on any atom is 0.321 e. The molecule has 0 amide bonds. The van der Waals surface area contributed by atoms with Crippen LogP contribution >= 0.6 is 11.3 Å². The number of pyridine rings is 1. The van der Waals surface area contributed by atoms with Gasteiger partial charge in [-0.05, 0) is 41.8 Å². The number of hydrogen-bond acceptors (Lipinski definition) is 8. The van der Waals surface area contributed by atoms with Crippen LogP contribution in [0.4, 0.5) is 9.52 Å².